The summed E-state index contributed by atoms with van der Waals surface area (Å²) < 4.78 is 0. The zero-order valence-corrected chi connectivity index (χ0v) is 9.11. The van der Waals surface area contributed by atoms with Crippen molar-refractivity contribution in [3.63, 3.8) is 0 Å². The van der Waals surface area contributed by atoms with Crippen molar-refractivity contribution >= 4 is 12.6 Å². The highest BCUT2D eigenvalue weighted by Crippen LogP contribution is 1.89. The van der Waals surface area contributed by atoms with Gasteiger partial charge in [-0.3, -0.25) is 0 Å². The molecule has 0 amide bonds. The molecule has 4 heteroatoms. The quantitative estimate of drug-likeness (QED) is 0.492. The molecule has 0 atom stereocenters. The number of hydrogen-bond donors (Lipinski definition) is 0. The number of carbonyl (C=O) groups excluding carboxylic acids is 2. The van der Waals surface area contributed by atoms with Crippen molar-refractivity contribution < 1.29 is 9.59 Å². The van der Waals surface area contributed by atoms with Crippen molar-refractivity contribution in [3.8, 4) is 0 Å². The third kappa shape index (κ3) is 7.89. The van der Waals surface area contributed by atoms with Crippen molar-refractivity contribution in [1.82, 2.24) is 9.80 Å². The van der Waals surface area contributed by atoms with Gasteiger partial charge in [0.05, 0.1) is 0 Å². The largest absolute Gasteiger partial charge is 0.305 e. The van der Waals surface area contributed by atoms with Crippen LogP contribution in [0.2, 0.25) is 0 Å². The maximum Gasteiger partial charge on any atom is 0.121 e. The number of carbonyl (C=O) groups is 2. The smallest absolute Gasteiger partial charge is 0.121 e. The molecule has 0 saturated heterocycles. The molecule has 0 fully saturated rings. The molecule has 0 aromatic rings. The van der Waals surface area contributed by atoms with Crippen LogP contribution in [0.25, 0.3) is 0 Å². The van der Waals surface area contributed by atoms with Crippen LogP contribution in [0.15, 0.2) is 0 Å². The van der Waals surface area contributed by atoms with Crippen molar-refractivity contribution in [2.75, 3.05) is 40.3 Å². The molecule has 0 aromatic carbocycles. The molecule has 0 unspecified atom stereocenters. The summed E-state index contributed by atoms with van der Waals surface area (Å²) in [5, 5.41) is 0. The fourth-order valence-corrected chi connectivity index (χ4v) is 1.11. The molecule has 0 aromatic heterocycles. The summed E-state index contributed by atoms with van der Waals surface area (Å²) in [5.74, 6) is 0. The van der Waals surface area contributed by atoms with E-state index in [-0.39, 0.29) is 0 Å². The van der Waals surface area contributed by atoms with Crippen molar-refractivity contribution in [2.45, 2.75) is 12.8 Å². The van der Waals surface area contributed by atoms with E-state index >= 15 is 0 Å². The van der Waals surface area contributed by atoms with Gasteiger partial charge in [-0.05, 0) is 14.1 Å². The molecule has 0 heterocycles. The van der Waals surface area contributed by atoms with E-state index < -0.39 is 0 Å². The van der Waals surface area contributed by atoms with Crippen molar-refractivity contribution in [3.05, 3.63) is 0 Å². The monoisotopic (exact) mass is 200 g/mol. The Morgan fingerprint density at radius 3 is 1.43 bits per heavy atom. The molecule has 4 nitrogen and oxygen atoms in total. The zero-order chi connectivity index (χ0) is 10.8. The van der Waals surface area contributed by atoms with Gasteiger partial charge in [0.15, 0.2) is 0 Å². The lowest BCUT2D eigenvalue weighted by atomic mass is 10.4. The highest BCUT2D eigenvalue weighted by Gasteiger charge is 2.00. The Labute approximate surface area is 85.9 Å². The van der Waals surface area contributed by atoms with Crippen molar-refractivity contribution in [2.24, 2.45) is 0 Å². The Morgan fingerprint density at radius 2 is 1.14 bits per heavy atom. The highest BCUT2D eigenvalue weighted by atomic mass is 16.1. The molecule has 0 saturated carbocycles. The topological polar surface area (TPSA) is 40.6 Å². The third-order valence-electron chi connectivity index (χ3n) is 2.12. The molecule has 0 N–H and O–H groups in total. The number of nitrogens with zero attached hydrogens (tertiary/aromatic N) is 2. The fraction of sp³-hybridized carbons (Fsp3) is 0.800. The summed E-state index contributed by atoms with van der Waals surface area (Å²) in [6.45, 7) is 3.49. The van der Waals surface area contributed by atoms with Gasteiger partial charge in [0.25, 0.3) is 0 Å². The predicted octanol–water partition coefficient (Wildman–Crippen LogP) is 0.0280. The van der Waals surface area contributed by atoms with Gasteiger partial charge in [-0.15, -0.1) is 0 Å². The first-order valence-corrected chi connectivity index (χ1v) is 4.95. The van der Waals surface area contributed by atoms with E-state index in [4.69, 9.17) is 0 Å². The standard InChI is InChI=1S/C10H20N2O2/c1-11(5-3-9-13)7-8-12(2)6-4-10-14/h9-10H,3-8H2,1-2H3. The minimum atomic E-state index is 0.592. The van der Waals surface area contributed by atoms with Gasteiger partial charge < -0.3 is 19.4 Å². The highest BCUT2D eigenvalue weighted by molar-refractivity contribution is 5.49. The Balaban J connectivity index is 3.39. The summed E-state index contributed by atoms with van der Waals surface area (Å²) in [6.07, 6.45) is 3.06. The maximum absolute atomic E-state index is 10.1. The van der Waals surface area contributed by atoms with Crippen LogP contribution in [0.5, 0.6) is 0 Å². The van der Waals surface area contributed by atoms with Gasteiger partial charge in [-0.1, -0.05) is 0 Å². The summed E-state index contributed by atoms with van der Waals surface area (Å²) >= 11 is 0. The first-order valence-electron chi connectivity index (χ1n) is 4.95. The molecule has 0 bridgehead atoms. The van der Waals surface area contributed by atoms with Gasteiger partial charge in [-0.2, -0.15) is 0 Å². The maximum atomic E-state index is 10.1. The average molecular weight is 200 g/mol. The van der Waals surface area contributed by atoms with E-state index in [1.807, 2.05) is 14.1 Å². The second-order valence-electron chi connectivity index (χ2n) is 3.52. The van der Waals surface area contributed by atoms with Gasteiger partial charge in [0.2, 0.25) is 0 Å². The van der Waals surface area contributed by atoms with Crippen LogP contribution in [0.1, 0.15) is 12.8 Å². The summed E-state index contributed by atoms with van der Waals surface area (Å²) in [5.41, 5.74) is 0. The van der Waals surface area contributed by atoms with Gasteiger partial charge in [0, 0.05) is 39.0 Å². The predicted molar refractivity (Wildman–Crippen MR) is 56.4 cm³/mol. The zero-order valence-electron chi connectivity index (χ0n) is 9.11. The van der Waals surface area contributed by atoms with Crippen LogP contribution < -0.4 is 0 Å². The van der Waals surface area contributed by atoms with Crippen LogP contribution in [0.3, 0.4) is 0 Å². The van der Waals surface area contributed by atoms with Gasteiger partial charge >= 0.3 is 0 Å². The molecule has 0 aliphatic heterocycles. The average Bonchev–Trinajstić information content (AvgIpc) is 2.20. The Kier molecular flexibility index (Phi) is 8.37. The van der Waals surface area contributed by atoms with E-state index in [1.165, 1.54) is 0 Å². The molecular weight excluding hydrogens is 180 g/mol. The second-order valence-corrected chi connectivity index (χ2v) is 3.52. The summed E-state index contributed by atoms with van der Waals surface area (Å²) in [4.78, 5) is 24.5. The minimum absolute atomic E-state index is 0.592. The van der Waals surface area contributed by atoms with E-state index in [2.05, 4.69) is 9.80 Å². The molecule has 0 spiro atoms. The van der Waals surface area contributed by atoms with Crippen LogP contribution in [-0.2, 0) is 9.59 Å². The molecule has 0 aliphatic rings. The Hall–Kier alpha value is -0.740. The molecule has 82 valence electrons. The van der Waals surface area contributed by atoms with E-state index in [1.54, 1.807) is 0 Å². The third-order valence-corrected chi connectivity index (χ3v) is 2.12. The van der Waals surface area contributed by atoms with Gasteiger partial charge in [-0.25, -0.2) is 0 Å². The molecule has 0 aliphatic carbocycles. The number of rotatable bonds is 9. The normalized spacial score (nSPS) is 10.9. The van der Waals surface area contributed by atoms with Crippen LogP contribution in [0, 0.1) is 0 Å². The fourth-order valence-electron chi connectivity index (χ4n) is 1.11. The minimum Gasteiger partial charge on any atom is -0.305 e. The lowest BCUT2D eigenvalue weighted by Gasteiger charge is -2.20. The molecular formula is C10H20N2O2. The summed E-state index contributed by atoms with van der Waals surface area (Å²) in [6, 6.07) is 0. The van der Waals surface area contributed by atoms with E-state index in [0.29, 0.717) is 12.8 Å². The first-order chi connectivity index (χ1) is 6.70. The summed E-state index contributed by atoms with van der Waals surface area (Å²) in [7, 11) is 3.99. The van der Waals surface area contributed by atoms with E-state index in [0.717, 1.165) is 38.8 Å². The van der Waals surface area contributed by atoms with Crippen LogP contribution in [0.4, 0.5) is 0 Å². The van der Waals surface area contributed by atoms with E-state index in [9.17, 15) is 9.59 Å². The Morgan fingerprint density at radius 1 is 0.786 bits per heavy atom. The molecule has 0 radical (unpaired) electrons. The second kappa shape index (κ2) is 8.84. The molecule has 14 heavy (non-hydrogen) atoms. The lowest BCUT2D eigenvalue weighted by molar-refractivity contribution is -0.109. The van der Waals surface area contributed by atoms with Gasteiger partial charge in [0.1, 0.15) is 12.6 Å². The van der Waals surface area contributed by atoms with Crippen LogP contribution >= 0.6 is 0 Å². The number of aldehydes is 2. The first kappa shape index (κ1) is 13.3. The van der Waals surface area contributed by atoms with Crippen molar-refractivity contribution in [1.29, 1.82) is 0 Å². The number of hydrogen-bond acceptors (Lipinski definition) is 4. The Bertz CT molecular complexity index is 144. The molecule has 0 rings (SSSR count). The SMILES string of the molecule is CN(CCC=O)CCN(C)CCC=O. The lowest BCUT2D eigenvalue weighted by Crippen LogP contribution is -2.32. The number of likely N-dealkylation sites (N-methyl/N-ethyl adjacent to an activating group) is 2. The van der Waals surface area contributed by atoms with Crippen LogP contribution in [-0.4, -0.2) is 62.6 Å².